The van der Waals surface area contributed by atoms with Crippen LogP contribution < -0.4 is 10.2 Å². The van der Waals surface area contributed by atoms with Crippen LogP contribution in [0.1, 0.15) is 24.5 Å². The molecular formula is C25H22N4O4S2. The summed E-state index contributed by atoms with van der Waals surface area (Å²) < 4.78 is 7.18. The summed E-state index contributed by atoms with van der Waals surface area (Å²) >= 11 is 2.69. The van der Waals surface area contributed by atoms with Crippen molar-refractivity contribution in [1.82, 2.24) is 10.4 Å². The number of amides is 1. The van der Waals surface area contributed by atoms with E-state index in [0.29, 0.717) is 34.2 Å². The molecule has 178 valence electrons. The van der Waals surface area contributed by atoms with E-state index in [1.54, 1.807) is 12.1 Å². The van der Waals surface area contributed by atoms with Crippen molar-refractivity contribution >= 4 is 51.1 Å². The summed E-state index contributed by atoms with van der Waals surface area (Å²) in [5.74, 6) is 0.539. The maximum Gasteiger partial charge on any atom is 0.283 e. The Bertz CT molecular complexity index is 1370. The summed E-state index contributed by atoms with van der Waals surface area (Å²) in [6.07, 6.45) is 2.30. The molecule has 1 N–H and O–H groups in total. The number of hydrogen-bond donors (Lipinski definition) is 1. The molecule has 1 aromatic heterocycles. The number of carbonyl (C=O) groups excluding carboxylic acids is 1. The number of fused-ring (bicyclic) bond motifs is 1. The molecule has 0 aliphatic carbocycles. The minimum absolute atomic E-state index is 0.0522. The number of thiazole rings is 1. The first-order valence-corrected chi connectivity index (χ1v) is 12.5. The van der Waals surface area contributed by atoms with Crippen molar-refractivity contribution in [3.05, 3.63) is 88.0 Å². The highest BCUT2D eigenvalue weighted by Gasteiger charge is 2.17. The SMILES string of the molecule is CCOc1ccc2nc(Sc3ccc(/C=N\NC(=O)CCc4ccccc4)cc3[N+](=O)[O-])sc2c1. The smallest absolute Gasteiger partial charge is 0.283 e. The fraction of sp³-hybridized carbons (Fsp3) is 0.160. The maximum atomic E-state index is 12.0. The van der Waals surface area contributed by atoms with E-state index in [1.165, 1.54) is 35.4 Å². The zero-order chi connectivity index (χ0) is 24.6. The summed E-state index contributed by atoms with van der Waals surface area (Å²) in [6, 6.07) is 20.2. The van der Waals surface area contributed by atoms with Crippen LogP contribution >= 0.6 is 23.1 Å². The zero-order valence-corrected chi connectivity index (χ0v) is 20.5. The summed E-state index contributed by atoms with van der Waals surface area (Å²) in [7, 11) is 0. The highest BCUT2D eigenvalue weighted by atomic mass is 32.2. The summed E-state index contributed by atoms with van der Waals surface area (Å²) in [5.41, 5.74) is 4.81. The lowest BCUT2D eigenvalue weighted by Gasteiger charge is -2.02. The number of aromatic nitrogens is 1. The number of hydrogen-bond acceptors (Lipinski definition) is 8. The lowest BCUT2D eigenvalue weighted by molar-refractivity contribution is -0.387. The Balaban J connectivity index is 1.41. The standard InChI is InChI=1S/C25H22N4O4S2/c1-2-33-19-10-11-20-23(15-19)35-25(27-20)34-22-12-8-18(14-21(22)29(31)32)16-26-28-24(30)13-9-17-6-4-3-5-7-17/h3-8,10-12,14-16H,2,9,13H2,1H3,(H,28,30)/b26-16-. The Morgan fingerprint density at radius 1 is 1.20 bits per heavy atom. The molecule has 0 saturated carbocycles. The van der Waals surface area contributed by atoms with Gasteiger partial charge in [0.05, 0.1) is 32.9 Å². The van der Waals surface area contributed by atoms with Crippen LogP contribution in [0.2, 0.25) is 0 Å². The van der Waals surface area contributed by atoms with Crippen molar-refractivity contribution in [3.63, 3.8) is 0 Å². The molecule has 0 aliphatic heterocycles. The number of ether oxygens (including phenoxy) is 1. The number of carbonyl (C=O) groups is 1. The molecule has 1 amide bonds. The molecule has 8 nitrogen and oxygen atoms in total. The van der Waals surface area contributed by atoms with E-state index >= 15 is 0 Å². The van der Waals surface area contributed by atoms with E-state index < -0.39 is 4.92 Å². The molecule has 1 heterocycles. The highest BCUT2D eigenvalue weighted by Crippen LogP contribution is 2.39. The van der Waals surface area contributed by atoms with Crippen molar-refractivity contribution in [1.29, 1.82) is 0 Å². The van der Waals surface area contributed by atoms with E-state index in [0.717, 1.165) is 21.5 Å². The first-order valence-electron chi connectivity index (χ1n) is 10.9. The van der Waals surface area contributed by atoms with Crippen LogP contribution in [0.4, 0.5) is 5.69 Å². The molecule has 0 bridgehead atoms. The van der Waals surface area contributed by atoms with Crippen LogP contribution in [0, 0.1) is 10.1 Å². The first kappa shape index (κ1) is 24.4. The number of benzene rings is 3. The Kier molecular flexibility index (Phi) is 8.07. The van der Waals surface area contributed by atoms with Crippen molar-refractivity contribution in [2.75, 3.05) is 6.61 Å². The lowest BCUT2D eigenvalue weighted by Crippen LogP contribution is -2.17. The monoisotopic (exact) mass is 506 g/mol. The van der Waals surface area contributed by atoms with Crippen LogP contribution in [0.25, 0.3) is 10.2 Å². The molecule has 4 rings (SSSR count). The third-order valence-electron chi connectivity index (χ3n) is 4.91. The Hall–Kier alpha value is -3.76. The largest absolute Gasteiger partial charge is 0.494 e. The van der Waals surface area contributed by atoms with Crippen LogP contribution in [-0.2, 0) is 11.2 Å². The van der Waals surface area contributed by atoms with Gasteiger partial charge in [0.2, 0.25) is 5.91 Å². The molecule has 0 saturated heterocycles. The van der Waals surface area contributed by atoms with Gasteiger partial charge in [0.15, 0.2) is 4.34 Å². The summed E-state index contributed by atoms with van der Waals surface area (Å²) in [6.45, 7) is 2.50. The lowest BCUT2D eigenvalue weighted by atomic mass is 10.1. The molecule has 0 fully saturated rings. The summed E-state index contributed by atoms with van der Waals surface area (Å²) in [4.78, 5) is 28.3. The van der Waals surface area contributed by atoms with Gasteiger partial charge in [-0.25, -0.2) is 10.4 Å². The van der Waals surface area contributed by atoms with Gasteiger partial charge < -0.3 is 4.74 Å². The molecule has 0 atom stereocenters. The number of nitrogens with zero attached hydrogens (tertiary/aromatic N) is 3. The van der Waals surface area contributed by atoms with Gasteiger partial charge >= 0.3 is 0 Å². The third kappa shape index (κ3) is 6.65. The predicted octanol–water partition coefficient (Wildman–Crippen LogP) is 5.84. The molecule has 10 heteroatoms. The van der Waals surface area contributed by atoms with Gasteiger partial charge in [-0.1, -0.05) is 48.2 Å². The second-order valence-electron chi connectivity index (χ2n) is 7.41. The van der Waals surface area contributed by atoms with Gasteiger partial charge in [-0.05, 0) is 43.2 Å². The van der Waals surface area contributed by atoms with Crippen LogP contribution in [0.15, 0.2) is 81.1 Å². The van der Waals surface area contributed by atoms with Crippen LogP contribution in [0.5, 0.6) is 5.75 Å². The van der Waals surface area contributed by atoms with Crippen molar-refractivity contribution in [3.8, 4) is 5.75 Å². The van der Waals surface area contributed by atoms with E-state index in [9.17, 15) is 14.9 Å². The van der Waals surface area contributed by atoms with E-state index in [-0.39, 0.29) is 11.6 Å². The zero-order valence-electron chi connectivity index (χ0n) is 18.8. The highest BCUT2D eigenvalue weighted by molar-refractivity contribution is 8.01. The average Bonchev–Trinajstić information content (AvgIpc) is 3.26. The number of hydrazone groups is 1. The van der Waals surface area contributed by atoms with E-state index in [2.05, 4.69) is 15.5 Å². The Morgan fingerprint density at radius 3 is 2.80 bits per heavy atom. The molecular weight excluding hydrogens is 484 g/mol. The second-order valence-corrected chi connectivity index (χ2v) is 9.73. The molecule has 0 unspecified atom stereocenters. The molecule has 35 heavy (non-hydrogen) atoms. The van der Waals surface area contributed by atoms with Gasteiger partial charge in [-0.3, -0.25) is 14.9 Å². The van der Waals surface area contributed by atoms with Crippen LogP contribution in [-0.4, -0.2) is 28.6 Å². The Morgan fingerprint density at radius 2 is 2.03 bits per heavy atom. The Labute approximate surface area is 210 Å². The van der Waals surface area contributed by atoms with Crippen molar-refractivity contribution in [2.45, 2.75) is 29.0 Å². The molecule has 0 aliphatic rings. The molecule has 0 radical (unpaired) electrons. The number of nitro benzene ring substituents is 1. The maximum absolute atomic E-state index is 12.0. The number of nitro groups is 1. The first-order chi connectivity index (χ1) is 17.0. The summed E-state index contributed by atoms with van der Waals surface area (Å²) in [5, 5.41) is 15.6. The van der Waals surface area contributed by atoms with E-state index in [1.807, 2.05) is 55.5 Å². The number of aryl methyl sites for hydroxylation is 1. The average molecular weight is 507 g/mol. The molecule has 0 spiro atoms. The number of nitrogens with one attached hydrogen (secondary N) is 1. The minimum atomic E-state index is -0.432. The third-order valence-corrected chi connectivity index (χ3v) is 7.06. The second kappa shape index (κ2) is 11.6. The van der Waals surface area contributed by atoms with Gasteiger partial charge in [0, 0.05) is 18.1 Å². The van der Waals surface area contributed by atoms with Crippen molar-refractivity contribution in [2.24, 2.45) is 5.10 Å². The topological polar surface area (TPSA) is 107 Å². The number of rotatable bonds is 10. The predicted molar refractivity (Wildman–Crippen MR) is 139 cm³/mol. The van der Waals surface area contributed by atoms with Gasteiger partial charge in [0.1, 0.15) is 5.75 Å². The van der Waals surface area contributed by atoms with Gasteiger partial charge in [-0.15, -0.1) is 11.3 Å². The van der Waals surface area contributed by atoms with Gasteiger partial charge in [0.25, 0.3) is 5.69 Å². The normalized spacial score (nSPS) is 11.1. The van der Waals surface area contributed by atoms with Gasteiger partial charge in [-0.2, -0.15) is 5.10 Å². The fourth-order valence-electron chi connectivity index (χ4n) is 3.26. The quantitative estimate of drug-likeness (QED) is 0.165. The fourth-order valence-corrected chi connectivity index (χ4v) is 5.40. The molecule has 3 aromatic carbocycles. The van der Waals surface area contributed by atoms with Crippen molar-refractivity contribution < 1.29 is 14.5 Å². The molecule has 4 aromatic rings. The van der Waals surface area contributed by atoms with Crippen LogP contribution in [0.3, 0.4) is 0 Å². The minimum Gasteiger partial charge on any atom is -0.494 e. The van der Waals surface area contributed by atoms with E-state index in [4.69, 9.17) is 4.74 Å².